The summed E-state index contributed by atoms with van der Waals surface area (Å²) >= 11 is 0. The van der Waals surface area contributed by atoms with Gasteiger partial charge in [-0.15, -0.1) is 0 Å². The molecule has 0 spiro atoms. The topological polar surface area (TPSA) is 41.3 Å². The number of benzene rings is 1. The highest BCUT2D eigenvalue weighted by Crippen LogP contribution is 2.35. The van der Waals surface area contributed by atoms with Crippen LogP contribution in [0.4, 0.5) is 8.78 Å². The lowest BCUT2D eigenvalue weighted by molar-refractivity contribution is 0.100. The number of hydrogen-bond donors (Lipinski definition) is 1. The van der Waals surface area contributed by atoms with Crippen LogP contribution < -0.4 is 0 Å². The molecule has 0 amide bonds. The van der Waals surface area contributed by atoms with Crippen LogP contribution in [0.15, 0.2) is 18.2 Å². The van der Waals surface area contributed by atoms with Gasteiger partial charge in [0.15, 0.2) is 0 Å². The Balaban J connectivity index is 1.54. The summed E-state index contributed by atoms with van der Waals surface area (Å²) < 4.78 is 29.3. The molecule has 0 saturated carbocycles. The molecule has 1 aliphatic carbocycles. The number of aliphatic hydroxyl groups is 1. The lowest BCUT2D eigenvalue weighted by Gasteiger charge is -2.27. The highest BCUT2D eigenvalue weighted by atomic mass is 19.1. The summed E-state index contributed by atoms with van der Waals surface area (Å²) in [6.07, 6.45) is 5.56. The van der Waals surface area contributed by atoms with Crippen LogP contribution in [-0.4, -0.2) is 32.6 Å². The molecule has 2 aliphatic rings. The monoisotopic (exact) mass is 361 g/mol. The number of imidazole rings is 1. The average molecular weight is 361 g/mol. The Morgan fingerprint density at radius 3 is 2.81 bits per heavy atom. The van der Waals surface area contributed by atoms with Gasteiger partial charge in [0.2, 0.25) is 0 Å². The van der Waals surface area contributed by atoms with Crippen LogP contribution in [0.5, 0.6) is 0 Å². The fraction of sp³-hybridized carbons (Fsp3) is 0.550. The number of aryl methyl sites for hydroxylation is 1. The number of hydrogen-bond acceptors (Lipinski definition) is 3. The van der Waals surface area contributed by atoms with Gasteiger partial charge in [0.25, 0.3) is 0 Å². The van der Waals surface area contributed by atoms with Gasteiger partial charge in [-0.25, -0.2) is 13.8 Å². The second-order valence-electron chi connectivity index (χ2n) is 7.46. The molecule has 140 valence electrons. The third-order valence-corrected chi connectivity index (χ3v) is 5.80. The molecule has 2 heterocycles. The fourth-order valence-electron chi connectivity index (χ4n) is 4.43. The van der Waals surface area contributed by atoms with Gasteiger partial charge in [-0.05, 0) is 51.1 Å². The van der Waals surface area contributed by atoms with E-state index in [2.05, 4.69) is 16.5 Å². The maximum Gasteiger partial charge on any atom is 0.131 e. The van der Waals surface area contributed by atoms with Crippen molar-refractivity contribution < 1.29 is 13.9 Å². The molecule has 4 rings (SSSR count). The van der Waals surface area contributed by atoms with Crippen molar-refractivity contribution in [2.45, 2.75) is 50.7 Å². The van der Waals surface area contributed by atoms with E-state index in [9.17, 15) is 13.9 Å². The molecule has 6 heteroatoms. The number of β-amino-alcohol motifs (C(OH)–C–C–N with tert-alkyl or cyclic N) is 1. The van der Waals surface area contributed by atoms with Crippen molar-refractivity contribution >= 4 is 0 Å². The van der Waals surface area contributed by atoms with Crippen molar-refractivity contribution in [3.63, 3.8) is 0 Å². The summed E-state index contributed by atoms with van der Waals surface area (Å²) in [6.45, 7) is 1.17. The normalized spacial score (nSPS) is 21.8. The molecule has 1 aromatic heterocycles. The molecule has 0 bridgehead atoms. The molecule has 2 atom stereocenters. The Morgan fingerprint density at radius 1 is 1.23 bits per heavy atom. The molecule has 1 aromatic carbocycles. The predicted molar refractivity (Wildman–Crippen MR) is 94.7 cm³/mol. The van der Waals surface area contributed by atoms with Crippen molar-refractivity contribution in [1.29, 1.82) is 0 Å². The van der Waals surface area contributed by atoms with Gasteiger partial charge < -0.3 is 9.67 Å². The zero-order chi connectivity index (χ0) is 18.3. The molecule has 26 heavy (non-hydrogen) atoms. The minimum Gasteiger partial charge on any atom is -0.387 e. The van der Waals surface area contributed by atoms with Crippen molar-refractivity contribution in [3.05, 3.63) is 52.6 Å². The van der Waals surface area contributed by atoms with Crippen molar-refractivity contribution in [3.8, 4) is 0 Å². The maximum absolute atomic E-state index is 14.0. The summed E-state index contributed by atoms with van der Waals surface area (Å²) in [5.74, 6) is -0.266. The van der Waals surface area contributed by atoms with Crippen LogP contribution >= 0.6 is 0 Å². The van der Waals surface area contributed by atoms with Crippen molar-refractivity contribution in [2.24, 2.45) is 7.05 Å². The van der Waals surface area contributed by atoms with Gasteiger partial charge in [-0.3, -0.25) is 4.90 Å². The zero-order valence-corrected chi connectivity index (χ0v) is 15.1. The lowest BCUT2D eigenvalue weighted by atomic mass is 10.0. The average Bonchev–Trinajstić information content (AvgIpc) is 3.19. The molecular weight excluding hydrogens is 336 g/mol. The summed E-state index contributed by atoms with van der Waals surface area (Å²) in [4.78, 5) is 7.09. The Bertz CT molecular complexity index is 805. The Labute approximate surface area is 152 Å². The number of likely N-dealkylation sites (tertiary alicyclic amines) is 1. The SMILES string of the molecule is Cn1c([C@@H]2CCCN2C[C@H](O)c2ccc(F)cc2F)nc2c1CCCC2. The van der Waals surface area contributed by atoms with Gasteiger partial charge in [0.1, 0.15) is 17.5 Å². The first-order valence-corrected chi connectivity index (χ1v) is 9.46. The summed E-state index contributed by atoms with van der Waals surface area (Å²) in [6, 6.07) is 3.49. The van der Waals surface area contributed by atoms with E-state index in [1.165, 1.54) is 36.4 Å². The molecule has 2 aromatic rings. The van der Waals surface area contributed by atoms with E-state index in [1.54, 1.807) is 0 Å². The van der Waals surface area contributed by atoms with E-state index in [-0.39, 0.29) is 11.6 Å². The van der Waals surface area contributed by atoms with Gasteiger partial charge in [0, 0.05) is 30.9 Å². The van der Waals surface area contributed by atoms with Gasteiger partial charge in [0.05, 0.1) is 17.8 Å². The predicted octanol–water partition coefficient (Wildman–Crippen LogP) is 3.45. The van der Waals surface area contributed by atoms with E-state index in [1.807, 2.05) is 0 Å². The lowest BCUT2D eigenvalue weighted by Crippen LogP contribution is -2.30. The van der Waals surface area contributed by atoms with E-state index in [0.29, 0.717) is 6.54 Å². The Morgan fingerprint density at radius 2 is 2.04 bits per heavy atom. The molecule has 1 saturated heterocycles. The number of halogens is 2. The minimum atomic E-state index is -0.980. The second-order valence-corrected chi connectivity index (χ2v) is 7.46. The Kier molecular flexibility index (Phi) is 4.80. The first kappa shape index (κ1) is 17.6. The van der Waals surface area contributed by atoms with Gasteiger partial charge in [-0.1, -0.05) is 6.07 Å². The molecule has 4 nitrogen and oxygen atoms in total. The number of fused-ring (bicyclic) bond motifs is 1. The van der Waals surface area contributed by atoms with Gasteiger partial charge in [-0.2, -0.15) is 0 Å². The number of nitrogens with zero attached hydrogens (tertiary/aromatic N) is 3. The molecule has 0 unspecified atom stereocenters. The van der Waals surface area contributed by atoms with Crippen LogP contribution in [0.25, 0.3) is 0 Å². The first-order chi connectivity index (χ1) is 12.5. The molecule has 0 radical (unpaired) electrons. The van der Waals surface area contributed by atoms with Crippen LogP contribution in [0.1, 0.15) is 60.6 Å². The van der Waals surface area contributed by atoms with Crippen molar-refractivity contribution in [1.82, 2.24) is 14.5 Å². The summed E-state index contributed by atoms with van der Waals surface area (Å²) in [7, 11) is 2.08. The molecule has 1 aliphatic heterocycles. The third kappa shape index (κ3) is 3.16. The maximum atomic E-state index is 14.0. The first-order valence-electron chi connectivity index (χ1n) is 9.46. The van der Waals surface area contributed by atoms with Crippen molar-refractivity contribution in [2.75, 3.05) is 13.1 Å². The highest BCUT2D eigenvalue weighted by Gasteiger charge is 2.33. The summed E-state index contributed by atoms with van der Waals surface area (Å²) in [5.41, 5.74) is 2.70. The van der Waals surface area contributed by atoms with Gasteiger partial charge >= 0.3 is 0 Å². The smallest absolute Gasteiger partial charge is 0.131 e. The fourth-order valence-corrected chi connectivity index (χ4v) is 4.43. The quantitative estimate of drug-likeness (QED) is 0.907. The molecule has 1 fully saturated rings. The molecule has 1 N–H and O–H groups in total. The van der Waals surface area contributed by atoms with E-state index in [0.717, 1.165) is 44.1 Å². The zero-order valence-electron chi connectivity index (χ0n) is 15.1. The highest BCUT2D eigenvalue weighted by molar-refractivity contribution is 5.23. The van der Waals surface area contributed by atoms with Crippen LogP contribution in [-0.2, 0) is 19.9 Å². The second kappa shape index (κ2) is 7.08. The van der Waals surface area contributed by atoms with E-state index >= 15 is 0 Å². The van der Waals surface area contributed by atoms with E-state index < -0.39 is 17.7 Å². The number of aromatic nitrogens is 2. The number of rotatable bonds is 4. The largest absolute Gasteiger partial charge is 0.387 e. The minimum absolute atomic E-state index is 0.142. The Hall–Kier alpha value is -1.79. The van der Waals surface area contributed by atoms with Crippen LogP contribution in [0.2, 0.25) is 0 Å². The van der Waals surface area contributed by atoms with Crippen LogP contribution in [0, 0.1) is 11.6 Å². The summed E-state index contributed by atoms with van der Waals surface area (Å²) in [5, 5.41) is 10.5. The molecular formula is C20H25F2N3O. The number of aliphatic hydroxyl groups excluding tert-OH is 1. The third-order valence-electron chi connectivity index (χ3n) is 5.80. The van der Waals surface area contributed by atoms with Crippen LogP contribution in [0.3, 0.4) is 0 Å². The standard InChI is InChI=1S/C20H25F2N3O/c1-24-17-6-3-2-5-16(17)23-20(24)18-7-4-10-25(18)12-19(26)14-9-8-13(21)11-15(14)22/h8-9,11,18-19,26H,2-7,10,12H2,1H3/t18-,19-/m0/s1. The van der Waals surface area contributed by atoms with E-state index in [4.69, 9.17) is 4.98 Å².